The van der Waals surface area contributed by atoms with E-state index in [2.05, 4.69) is 9.88 Å². The third-order valence-electron chi connectivity index (χ3n) is 5.64. The maximum absolute atomic E-state index is 13.1. The second kappa shape index (κ2) is 4.48. The first kappa shape index (κ1) is 12.5. The highest BCUT2D eigenvalue weighted by atomic mass is 16.2. The molecule has 2 aromatic rings. The molecule has 2 atom stereocenters. The fraction of sp³-hybridized carbons (Fsp3) is 0.421. The second-order valence-corrected chi connectivity index (χ2v) is 6.96. The van der Waals surface area contributed by atoms with E-state index >= 15 is 0 Å². The Morgan fingerprint density at radius 3 is 2.50 bits per heavy atom. The molecule has 0 radical (unpaired) electrons. The standard InChI is InChI=1S/C19H20N2O/c22-19(17-11-20-18-4-2-1-3-16(17)18)21-14-7-8-15(21)10-13(9-14)12-5-6-12/h1-4,11,14-15,20H,5-10H2. The molecular formula is C19H20N2O. The quantitative estimate of drug-likeness (QED) is 0.792. The van der Waals surface area contributed by atoms with Crippen molar-refractivity contribution in [2.45, 2.75) is 50.6 Å². The summed E-state index contributed by atoms with van der Waals surface area (Å²) >= 11 is 0. The molecule has 1 amide bonds. The number of aromatic amines is 1. The lowest BCUT2D eigenvalue weighted by Crippen LogP contribution is -2.44. The average molecular weight is 292 g/mol. The van der Waals surface area contributed by atoms with Gasteiger partial charge >= 0.3 is 0 Å². The zero-order chi connectivity index (χ0) is 14.7. The van der Waals surface area contributed by atoms with Crippen molar-refractivity contribution in [3.8, 4) is 0 Å². The number of piperidine rings is 1. The fourth-order valence-electron chi connectivity index (χ4n) is 4.44. The molecule has 3 heterocycles. The number of fused-ring (bicyclic) bond motifs is 3. The molecule has 3 heteroatoms. The van der Waals surface area contributed by atoms with Crippen LogP contribution in [0.15, 0.2) is 41.6 Å². The van der Waals surface area contributed by atoms with E-state index in [-0.39, 0.29) is 5.91 Å². The van der Waals surface area contributed by atoms with Crippen LogP contribution in [0.3, 0.4) is 0 Å². The van der Waals surface area contributed by atoms with Gasteiger partial charge in [0.1, 0.15) is 0 Å². The minimum atomic E-state index is 0.227. The zero-order valence-electron chi connectivity index (χ0n) is 12.6. The lowest BCUT2D eigenvalue weighted by Gasteiger charge is -2.36. The largest absolute Gasteiger partial charge is 0.360 e. The van der Waals surface area contributed by atoms with Crippen molar-refractivity contribution in [2.75, 3.05) is 0 Å². The van der Waals surface area contributed by atoms with Gasteiger partial charge in [-0.1, -0.05) is 29.3 Å². The number of allylic oxidation sites excluding steroid dienone is 1. The summed E-state index contributed by atoms with van der Waals surface area (Å²) in [6.07, 6.45) is 9.11. The molecule has 3 fully saturated rings. The maximum Gasteiger partial charge on any atom is 0.256 e. The Morgan fingerprint density at radius 2 is 1.77 bits per heavy atom. The van der Waals surface area contributed by atoms with Gasteiger partial charge in [0.25, 0.3) is 5.91 Å². The Bertz CT molecular complexity index is 779. The van der Waals surface area contributed by atoms with Crippen molar-refractivity contribution in [2.24, 2.45) is 0 Å². The summed E-state index contributed by atoms with van der Waals surface area (Å²) in [5.74, 6) is 0.227. The van der Waals surface area contributed by atoms with E-state index in [1.54, 1.807) is 11.1 Å². The zero-order valence-corrected chi connectivity index (χ0v) is 12.6. The topological polar surface area (TPSA) is 36.1 Å². The minimum absolute atomic E-state index is 0.227. The molecule has 2 bridgehead atoms. The van der Waals surface area contributed by atoms with Crippen LogP contribution in [-0.4, -0.2) is 27.9 Å². The van der Waals surface area contributed by atoms with Crippen LogP contribution in [0.2, 0.25) is 0 Å². The van der Waals surface area contributed by atoms with Crippen LogP contribution < -0.4 is 0 Å². The summed E-state index contributed by atoms with van der Waals surface area (Å²) in [5, 5.41) is 1.05. The van der Waals surface area contributed by atoms with Crippen molar-refractivity contribution >= 4 is 16.8 Å². The molecule has 1 saturated carbocycles. The van der Waals surface area contributed by atoms with Crippen LogP contribution >= 0.6 is 0 Å². The Kier molecular flexibility index (Phi) is 2.55. The molecule has 0 spiro atoms. The monoisotopic (exact) mass is 292 g/mol. The average Bonchev–Trinajstić information content (AvgIpc) is 3.25. The van der Waals surface area contributed by atoms with Gasteiger partial charge in [0.2, 0.25) is 0 Å². The van der Waals surface area contributed by atoms with E-state index in [0.29, 0.717) is 12.1 Å². The van der Waals surface area contributed by atoms with Gasteiger partial charge in [-0.05, 0) is 44.6 Å². The third-order valence-corrected chi connectivity index (χ3v) is 5.64. The van der Waals surface area contributed by atoms with Gasteiger partial charge in [0.15, 0.2) is 0 Å². The normalized spacial score (nSPS) is 26.8. The van der Waals surface area contributed by atoms with Gasteiger partial charge in [-0.2, -0.15) is 0 Å². The number of rotatable bonds is 1. The molecule has 22 heavy (non-hydrogen) atoms. The number of hydrogen-bond acceptors (Lipinski definition) is 1. The second-order valence-electron chi connectivity index (χ2n) is 6.96. The number of hydrogen-bond donors (Lipinski definition) is 1. The first-order valence-corrected chi connectivity index (χ1v) is 8.40. The number of H-pyrrole nitrogens is 1. The van der Waals surface area contributed by atoms with E-state index < -0.39 is 0 Å². The lowest BCUT2D eigenvalue weighted by atomic mass is 9.95. The molecule has 1 aromatic carbocycles. The number of nitrogens with zero attached hydrogens (tertiary/aromatic N) is 1. The van der Waals surface area contributed by atoms with Crippen LogP contribution in [0, 0.1) is 0 Å². The molecule has 2 saturated heterocycles. The third kappa shape index (κ3) is 1.78. The predicted molar refractivity (Wildman–Crippen MR) is 86.8 cm³/mol. The molecule has 3 nitrogen and oxygen atoms in total. The van der Waals surface area contributed by atoms with Crippen molar-refractivity contribution in [3.05, 3.63) is 47.2 Å². The number of benzene rings is 1. The van der Waals surface area contributed by atoms with Crippen molar-refractivity contribution in [1.82, 2.24) is 9.88 Å². The van der Waals surface area contributed by atoms with Crippen LogP contribution in [0.1, 0.15) is 48.9 Å². The van der Waals surface area contributed by atoms with E-state index in [1.165, 1.54) is 25.7 Å². The molecular weight excluding hydrogens is 272 g/mol. The highest BCUT2D eigenvalue weighted by Gasteiger charge is 2.43. The van der Waals surface area contributed by atoms with E-state index in [0.717, 1.165) is 29.3 Å². The number of carbonyl (C=O) groups excluding carboxylic acids is 1. The number of nitrogens with one attached hydrogen (secondary N) is 1. The SMILES string of the molecule is O=C(c1c[nH]c2ccccc12)N1C2CCC1CC(=C1CC1)C2. The Labute approximate surface area is 130 Å². The Hall–Kier alpha value is -2.03. The fourth-order valence-corrected chi connectivity index (χ4v) is 4.44. The Balaban J connectivity index is 1.50. The summed E-state index contributed by atoms with van der Waals surface area (Å²) < 4.78 is 0. The van der Waals surface area contributed by atoms with Gasteiger partial charge in [-0.15, -0.1) is 0 Å². The van der Waals surface area contributed by atoms with Gasteiger partial charge in [-0.3, -0.25) is 4.79 Å². The van der Waals surface area contributed by atoms with Crippen LogP contribution in [-0.2, 0) is 0 Å². The van der Waals surface area contributed by atoms with Crippen LogP contribution in [0.5, 0.6) is 0 Å². The molecule has 2 aliphatic heterocycles. The molecule has 3 aliphatic rings. The maximum atomic E-state index is 13.1. The Morgan fingerprint density at radius 1 is 1.05 bits per heavy atom. The van der Waals surface area contributed by atoms with Crippen LogP contribution in [0.4, 0.5) is 0 Å². The molecule has 1 N–H and O–H groups in total. The molecule has 2 unspecified atom stereocenters. The number of carbonyl (C=O) groups is 1. The molecule has 1 aliphatic carbocycles. The smallest absolute Gasteiger partial charge is 0.256 e. The summed E-state index contributed by atoms with van der Waals surface area (Å²) in [4.78, 5) is 18.6. The van der Waals surface area contributed by atoms with Crippen molar-refractivity contribution < 1.29 is 4.79 Å². The predicted octanol–water partition coefficient (Wildman–Crippen LogP) is 4.03. The van der Waals surface area contributed by atoms with E-state index in [9.17, 15) is 4.79 Å². The summed E-state index contributed by atoms with van der Waals surface area (Å²) in [7, 11) is 0. The summed E-state index contributed by atoms with van der Waals surface area (Å²) in [6, 6.07) is 8.96. The van der Waals surface area contributed by atoms with Gasteiger partial charge in [0, 0.05) is 29.2 Å². The van der Waals surface area contributed by atoms with Crippen LogP contribution in [0.25, 0.3) is 10.9 Å². The first-order valence-electron chi connectivity index (χ1n) is 8.40. The van der Waals surface area contributed by atoms with Crippen molar-refractivity contribution in [1.29, 1.82) is 0 Å². The number of amides is 1. The molecule has 1 aromatic heterocycles. The number of para-hydroxylation sites is 1. The molecule has 112 valence electrons. The minimum Gasteiger partial charge on any atom is -0.360 e. The highest BCUT2D eigenvalue weighted by molar-refractivity contribution is 6.07. The first-order chi connectivity index (χ1) is 10.8. The van der Waals surface area contributed by atoms with Gasteiger partial charge < -0.3 is 9.88 Å². The summed E-state index contributed by atoms with van der Waals surface area (Å²) in [6.45, 7) is 0. The molecule has 5 rings (SSSR count). The van der Waals surface area contributed by atoms with E-state index in [4.69, 9.17) is 0 Å². The van der Waals surface area contributed by atoms with Crippen molar-refractivity contribution in [3.63, 3.8) is 0 Å². The number of aromatic nitrogens is 1. The van der Waals surface area contributed by atoms with Gasteiger partial charge in [-0.25, -0.2) is 0 Å². The van der Waals surface area contributed by atoms with E-state index in [1.807, 2.05) is 30.5 Å². The lowest BCUT2D eigenvalue weighted by molar-refractivity contribution is 0.0636. The highest BCUT2D eigenvalue weighted by Crippen LogP contribution is 2.45. The van der Waals surface area contributed by atoms with Gasteiger partial charge in [0.05, 0.1) is 5.56 Å². The summed E-state index contributed by atoms with van der Waals surface area (Å²) in [5.41, 5.74) is 5.26.